The lowest BCUT2D eigenvalue weighted by molar-refractivity contribution is 0.227. The standard InChI is InChI=1S/C13H12N2O2/c1-16-12-4-2-3-9-10(12)7-17-8-11(9)13-14-5-6-15-13/h2-6,8H,7H2,1H3,(H,14,15). The molecule has 1 N–H and O–H groups in total. The van der Waals surface area contributed by atoms with Gasteiger partial charge in [0, 0.05) is 18.0 Å². The van der Waals surface area contributed by atoms with Crippen molar-refractivity contribution >= 4 is 5.57 Å². The fourth-order valence-electron chi connectivity index (χ4n) is 2.03. The summed E-state index contributed by atoms with van der Waals surface area (Å²) in [6.45, 7) is 0.531. The first-order valence-electron chi connectivity index (χ1n) is 5.38. The Morgan fingerprint density at radius 1 is 1.41 bits per heavy atom. The molecule has 1 aromatic heterocycles. The molecule has 0 amide bonds. The normalized spacial score (nSPS) is 13.6. The van der Waals surface area contributed by atoms with E-state index < -0.39 is 0 Å². The Bertz CT molecular complexity index is 559. The number of benzene rings is 1. The van der Waals surface area contributed by atoms with E-state index in [-0.39, 0.29) is 0 Å². The number of hydrogen-bond acceptors (Lipinski definition) is 3. The molecule has 86 valence electrons. The Kier molecular flexibility index (Phi) is 2.33. The maximum absolute atomic E-state index is 5.47. The zero-order valence-corrected chi connectivity index (χ0v) is 9.43. The van der Waals surface area contributed by atoms with Gasteiger partial charge in [0.25, 0.3) is 0 Å². The van der Waals surface area contributed by atoms with Gasteiger partial charge in [-0.05, 0) is 11.6 Å². The van der Waals surface area contributed by atoms with Crippen molar-refractivity contribution in [3.63, 3.8) is 0 Å². The molecule has 3 rings (SSSR count). The number of methoxy groups -OCH3 is 1. The van der Waals surface area contributed by atoms with Crippen LogP contribution in [-0.4, -0.2) is 17.1 Å². The summed E-state index contributed by atoms with van der Waals surface area (Å²) in [4.78, 5) is 7.33. The van der Waals surface area contributed by atoms with Crippen molar-refractivity contribution < 1.29 is 9.47 Å². The van der Waals surface area contributed by atoms with Crippen LogP contribution in [0.3, 0.4) is 0 Å². The first kappa shape index (κ1) is 9.96. The molecule has 0 saturated carbocycles. The first-order valence-corrected chi connectivity index (χ1v) is 5.38. The molecule has 0 fully saturated rings. The van der Waals surface area contributed by atoms with Gasteiger partial charge < -0.3 is 14.5 Å². The Hall–Kier alpha value is -2.23. The molecule has 17 heavy (non-hydrogen) atoms. The first-order chi connectivity index (χ1) is 8.40. The predicted octanol–water partition coefficient (Wildman–Crippen LogP) is 2.34. The lowest BCUT2D eigenvalue weighted by Gasteiger charge is -2.19. The third kappa shape index (κ3) is 1.58. The van der Waals surface area contributed by atoms with E-state index in [9.17, 15) is 0 Å². The minimum absolute atomic E-state index is 0.531. The third-order valence-corrected chi connectivity index (χ3v) is 2.83. The Morgan fingerprint density at radius 3 is 3.12 bits per heavy atom. The van der Waals surface area contributed by atoms with Crippen LogP contribution in [-0.2, 0) is 11.3 Å². The molecule has 0 saturated heterocycles. The maximum atomic E-state index is 5.47. The highest BCUT2D eigenvalue weighted by molar-refractivity contribution is 5.79. The van der Waals surface area contributed by atoms with Gasteiger partial charge in [0.1, 0.15) is 18.2 Å². The van der Waals surface area contributed by atoms with Crippen LogP contribution in [0.1, 0.15) is 17.0 Å². The quantitative estimate of drug-likeness (QED) is 0.858. The molecule has 1 aliphatic rings. The molecule has 0 unspecified atom stereocenters. The Labute approximate surface area is 98.9 Å². The number of nitrogens with one attached hydrogen (secondary N) is 1. The molecule has 0 bridgehead atoms. The molecule has 2 heterocycles. The van der Waals surface area contributed by atoms with Crippen LogP contribution in [0.25, 0.3) is 5.57 Å². The van der Waals surface area contributed by atoms with E-state index >= 15 is 0 Å². The molecule has 0 atom stereocenters. The monoisotopic (exact) mass is 228 g/mol. The number of H-pyrrole nitrogens is 1. The van der Waals surface area contributed by atoms with Crippen LogP contribution >= 0.6 is 0 Å². The highest BCUT2D eigenvalue weighted by Gasteiger charge is 2.19. The maximum Gasteiger partial charge on any atom is 0.140 e. The highest BCUT2D eigenvalue weighted by Crippen LogP contribution is 2.33. The van der Waals surface area contributed by atoms with Crippen molar-refractivity contribution in [1.82, 2.24) is 9.97 Å². The number of ether oxygens (including phenoxy) is 2. The number of nitrogens with zero attached hydrogens (tertiary/aromatic N) is 1. The van der Waals surface area contributed by atoms with Gasteiger partial charge in [-0.2, -0.15) is 0 Å². The van der Waals surface area contributed by atoms with Crippen LogP contribution in [0.5, 0.6) is 5.75 Å². The molecule has 4 heteroatoms. The van der Waals surface area contributed by atoms with Crippen molar-refractivity contribution in [3.8, 4) is 5.75 Å². The molecule has 0 aliphatic carbocycles. The zero-order chi connectivity index (χ0) is 11.7. The SMILES string of the molecule is COc1cccc2c1COC=C2c1ncc[nH]1. The summed E-state index contributed by atoms with van der Waals surface area (Å²) in [5.74, 6) is 1.65. The molecule has 2 aromatic rings. The molecule has 1 aliphatic heterocycles. The van der Waals surface area contributed by atoms with Crippen molar-refractivity contribution in [2.75, 3.05) is 7.11 Å². The second kappa shape index (κ2) is 3.97. The van der Waals surface area contributed by atoms with E-state index in [0.717, 1.165) is 28.3 Å². The van der Waals surface area contributed by atoms with Gasteiger partial charge in [-0.1, -0.05) is 12.1 Å². The summed E-state index contributed by atoms with van der Waals surface area (Å²) in [6.07, 6.45) is 5.26. The smallest absolute Gasteiger partial charge is 0.140 e. The van der Waals surface area contributed by atoms with Gasteiger partial charge in [0.15, 0.2) is 0 Å². The summed E-state index contributed by atoms with van der Waals surface area (Å²) < 4.78 is 10.8. The number of imidazole rings is 1. The topological polar surface area (TPSA) is 47.1 Å². The Balaban J connectivity index is 2.15. The minimum atomic E-state index is 0.531. The van der Waals surface area contributed by atoms with E-state index in [1.165, 1.54) is 0 Å². The van der Waals surface area contributed by atoms with Gasteiger partial charge in [0.2, 0.25) is 0 Å². The number of fused-ring (bicyclic) bond motifs is 1. The van der Waals surface area contributed by atoms with Crippen LogP contribution in [0.15, 0.2) is 36.9 Å². The van der Waals surface area contributed by atoms with Gasteiger partial charge in [-0.3, -0.25) is 0 Å². The molecular weight excluding hydrogens is 216 g/mol. The van der Waals surface area contributed by atoms with Gasteiger partial charge >= 0.3 is 0 Å². The molecular formula is C13H12N2O2. The molecule has 0 radical (unpaired) electrons. The summed E-state index contributed by atoms with van der Waals surface area (Å²) >= 11 is 0. The van der Waals surface area contributed by atoms with Gasteiger partial charge in [-0.15, -0.1) is 0 Å². The average molecular weight is 228 g/mol. The van der Waals surface area contributed by atoms with Crippen molar-refractivity contribution in [1.29, 1.82) is 0 Å². The number of aromatic nitrogens is 2. The van der Waals surface area contributed by atoms with E-state index in [4.69, 9.17) is 9.47 Å². The second-order valence-electron chi connectivity index (χ2n) is 3.77. The summed E-state index contributed by atoms with van der Waals surface area (Å²) in [6, 6.07) is 5.96. The highest BCUT2D eigenvalue weighted by atomic mass is 16.5. The lowest BCUT2D eigenvalue weighted by atomic mass is 9.98. The van der Waals surface area contributed by atoms with Crippen LogP contribution in [0, 0.1) is 0 Å². The summed E-state index contributed by atoms with van der Waals surface area (Å²) in [5, 5.41) is 0. The fraction of sp³-hybridized carbons (Fsp3) is 0.154. The Morgan fingerprint density at radius 2 is 2.35 bits per heavy atom. The largest absolute Gasteiger partial charge is 0.496 e. The summed E-state index contributed by atoms with van der Waals surface area (Å²) in [5.41, 5.74) is 3.12. The fourth-order valence-corrected chi connectivity index (χ4v) is 2.03. The zero-order valence-electron chi connectivity index (χ0n) is 9.43. The van der Waals surface area contributed by atoms with Crippen molar-refractivity contribution in [2.24, 2.45) is 0 Å². The van der Waals surface area contributed by atoms with E-state index in [1.54, 1.807) is 25.8 Å². The number of rotatable bonds is 2. The van der Waals surface area contributed by atoms with E-state index in [2.05, 4.69) is 16.0 Å². The molecule has 4 nitrogen and oxygen atoms in total. The minimum Gasteiger partial charge on any atom is -0.496 e. The van der Waals surface area contributed by atoms with E-state index in [1.807, 2.05) is 12.1 Å². The average Bonchev–Trinajstić information content (AvgIpc) is 2.91. The van der Waals surface area contributed by atoms with Gasteiger partial charge in [-0.25, -0.2) is 4.98 Å². The van der Waals surface area contributed by atoms with Crippen molar-refractivity contribution in [3.05, 3.63) is 53.8 Å². The third-order valence-electron chi connectivity index (χ3n) is 2.83. The molecule has 1 aromatic carbocycles. The van der Waals surface area contributed by atoms with E-state index in [0.29, 0.717) is 6.61 Å². The second-order valence-corrected chi connectivity index (χ2v) is 3.77. The molecule has 0 spiro atoms. The van der Waals surface area contributed by atoms with Crippen LogP contribution < -0.4 is 4.74 Å². The van der Waals surface area contributed by atoms with Gasteiger partial charge in [0.05, 0.1) is 18.9 Å². The summed E-state index contributed by atoms with van der Waals surface area (Å²) in [7, 11) is 1.67. The van der Waals surface area contributed by atoms with Crippen LogP contribution in [0.4, 0.5) is 0 Å². The predicted molar refractivity (Wildman–Crippen MR) is 63.4 cm³/mol. The lowest BCUT2D eigenvalue weighted by Crippen LogP contribution is -2.05. The van der Waals surface area contributed by atoms with Crippen molar-refractivity contribution in [2.45, 2.75) is 6.61 Å². The number of hydrogen-bond donors (Lipinski definition) is 1. The van der Waals surface area contributed by atoms with Crippen LogP contribution in [0.2, 0.25) is 0 Å². The number of aromatic amines is 1.